The lowest BCUT2D eigenvalue weighted by atomic mass is 9.94. The smallest absolute Gasteiger partial charge is 0.308 e. The third-order valence-electron chi connectivity index (χ3n) is 7.21. The van der Waals surface area contributed by atoms with Crippen LogP contribution in [0.4, 0.5) is 5.69 Å². The molecule has 1 N–H and O–H groups in total. The second-order valence-electron chi connectivity index (χ2n) is 10.6. The van der Waals surface area contributed by atoms with Gasteiger partial charge in [-0.25, -0.2) is 0 Å². The molecule has 2 atom stereocenters. The number of para-hydroxylation sites is 1. The number of nitrogens with one attached hydrogen (secondary N) is 1. The van der Waals surface area contributed by atoms with Crippen LogP contribution in [0.1, 0.15) is 69.6 Å². The van der Waals surface area contributed by atoms with Crippen molar-refractivity contribution in [1.82, 2.24) is 0 Å². The molecule has 1 aliphatic rings. The maximum atomic E-state index is 13.8. The molecule has 37 heavy (non-hydrogen) atoms. The molecule has 2 aromatic rings. The zero-order chi connectivity index (χ0) is 27.0. The molecule has 6 nitrogen and oxygen atoms in total. The zero-order valence-electron chi connectivity index (χ0n) is 23.2. The number of aryl methyl sites for hydroxylation is 2. The minimum absolute atomic E-state index is 0.100. The molecule has 0 aliphatic carbocycles. The Balaban J connectivity index is 1.95. The zero-order valence-corrected chi connectivity index (χ0v) is 23.2. The summed E-state index contributed by atoms with van der Waals surface area (Å²) in [5.74, 6) is 0.639. The van der Waals surface area contributed by atoms with Crippen molar-refractivity contribution in [2.45, 2.75) is 79.3 Å². The van der Waals surface area contributed by atoms with E-state index in [4.69, 9.17) is 9.47 Å². The Bertz CT molecular complexity index is 1110. The number of hydrogen-bond acceptors (Lipinski definition) is 4. The van der Waals surface area contributed by atoms with E-state index in [1.807, 2.05) is 51.1 Å². The van der Waals surface area contributed by atoms with Crippen molar-refractivity contribution in [2.24, 2.45) is 0 Å². The molecule has 2 aromatic carbocycles. The number of carbonyl (C=O) groups excluding carboxylic acids is 2. The second-order valence-corrected chi connectivity index (χ2v) is 10.6. The van der Waals surface area contributed by atoms with Crippen LogP contribution in [-0.2, 0) is 16.1 Å². The number of piperidine rings is 1. The third kappa shape index (κ3) is 7.45. The average Bonchev–Trinajstić information content (AvgIpc) is 2.85. The van der Waals surface area contributed by atoms with Gasteiger partial charge >= 0.3 is 5.97 Å². The monoisotopic (exact) mass is 507 g/mol. The summed E-state index contributed by atoms with van der Waals surface area (Å²) in [5.41, 5.74) is 5.03. The third-order valence-corrected chi connectivity index (χ3v) is 7.21. The molecule has 0 bridgehead atoms. The lowest BCUT2D eigenvalue weighted by molar-refractivity contribution is -0.959. The quantitative estimate of drug-likeness (QED) is 0.163. The highest BCUT2D eigenvalue weighted by molar-refractivity contribution is 5.95. The first-order chi connectivity index (χ1) is 17.6. The van der Waals surface area contributed by atoms with E-state index in [0.717, 1.165) is 77.6 Å². The predicted molar refractivity (Wildman–Crippen MR) is 149 cm³/mol. The fraction of sp³-hybridized carbons (Fsp3) is 0.484. The van der Waals surface area contributed by atoms with E-state index in [-0.39, 0.29) is 11.9 Å². The van der Waals surface area contributed by atoms with E-state index in [9.17, 15) is 9.59 Å². The standard InChI is InChI=1S/C31H42N2O4/c1-7-8-17-33(20-26-15-16-28(37-25(6)34)29(19-26)36-21-22(2)3)18-10-9-14-27(33)31(35)32-30-23(4)12-11-13-24(30)5/h11-13,15-16,19,27H,2,7-10,14,17-18,20-21H2,1,3-6H3/p+1. The fourth-order valence-corrected chi connectivity index (χ4v) is 5.37. The van der Waals surface area contributed by atoms with Gasteiger partial charge in [-0.3, -0.25) is 9.59 Å². The summed E-state index contributed by atoms with van der Waals surface area (Å²) in [6.45, 7) is 16.4. The largest absolute Gasteiger partial charge is 0.485 e. The minimum atomic E-state index is -0.390. The van der Waals surface area contributed by atoms with E-state index in [0.29, 0.717) is 24.7 Å². The summed E-state index contributed by atoms with van der Waals surface area (Å²) >= 11 is 0. The van der Waals surface area contributed by atoms with Crippen molar-refractivity contribution >= 4 is 17.6 Å². The van der Waals surface area contributed by atoms with E-state index < -0.39 is 5.97 Å². The number of unbranched alkanes of at least 4 members (excludes halogenated alkanes) is 1. The summed E-state index contributed by atoms with van der Waals surface area (Å²) in [4.78, 5) is 25.5. The van der Waals surface area contributed by atoms with Crippen LogP contribution >= 0.6 is 0 Å². The van der Waals surface area contributed by atoms with Gasteiger partial charge in [0.2, 0.25) is 0 Å². The Morgan fingerprint density at radius 1 is 1.08 bits per heavy atom. The number of carbonyl (C=O) groups is 2. The Morgan fingerprint density at radius 3 is 2.46 bits per heavy atom. The molecule has 200 valence electrons. The van der Waals surface area contributed by atoms with Crippen molar-refractivity contribution in [3.05, 3.63) is 65.2 Å². The molecule has 1 saturated heterocycles. The average molecular weight is 508 g/mol. The first-order valence-corrected chi connectivity index (χ1v) is 13.5. The van der Waals surface area contributed by atoms with Gasteiger partial charge in [-0.05, 0) is 74.9 Å². The van der Waals surface area contributed by atoms with Crippen LogP contribution in [0.2, 0.25) is 0 Å². The summed E-state index contributed by atoms with van der Waals surface area (Å²) in [7, 11) is 0. The minimum Gasteiger partial charge on any atom is -0.485 e. The molecular formula is C31H43N2O4+. The van der Waals surface area contributed by atoms with Crippen molar-refractivity contribution in [3.8, 4) is 11.5 Å². The van der Waals surface area contributed by atoms with Crippen molar-refractivity contribution in [2.75, 3.05) is 25.0 Å². The molecule has 1 amide bonds. The second kappa shape index (κ2) is 12.9. The lowest BCUT2D eigenvalue weighted by Gasteiger charge is -2.47. The van der Waals surface area contributed by atoms with Crippen LogP contribution in [0, 0.1) is 13.8 Å². The van der Waals surface area contributed by atoms with Crippen molar-refractivity contribution in [3.63, 3.8) is 0 Å². The predicted octanol–water partition coefficient (Wildman–Crippen LogP) is 6.49. The molecule has 0 spiro atoms. The lowest BCUT2D eigenvalue weighted by Crippen LogP contribution is -2.62. The highest BCUT2D eigenvalue weighted by atomic mass is 16.6. The van der Waals surface area contributed by atoms with Gasteiger partial charge in [0, 0.05) is 24.6 Å². The molecule has 0 aromatic heterocycles. The van der Waals surface area contributed by atoms with Gasteiger partial charge in [0.1, 0.15) is 13.2 Å². The number of anilines is 1. The van der Waals surface area contributed by atoms with Crippen LogP contribution in [-0.4, -0.2) is 42.1 Å². The molecule has 1 aliphatic heterocycles. The van der Waals surface area contributed by atoms with Crippen molar-refractivity contribution < 1.29 is 23.5 Å². The molecule has 6 heteroatoms. The summed E-state index contributed by atoms with van der Waals surface area (Å²) < 4.78 is 12.1. The van der Waals surface area contributed by atoms with Gasteiger partial charge in [-0.2, -0.15) is 0 Å². The van der Waals surface area contributed by atoms with E-state index in [1.54, 1.807) is 6.07 Å². The highest BCUT2D eigenvalue weighted by Gasteiger charge is 2.43. The molecule has 2 unspecified atom stereocenters. The summed E-state index contributed by atoms with van der Waals surface area (Å²) in [5, 5.41) is 3.29. The van der Waals surface area contributed by atoms with Crippen LogP contribution in [0.3, 0.4) is 0 Å². The maximum absolute atomic E-state index is 13.8. The van der Waals surface area contributed by atoms with Gasteiger partial charge in [0.25, 0.3) is 5.91 Å². The number of nitrogens with zero attached hydrogens (tertiary/aromatic N) is 1. The van der Waals surface area contributed by atoms with Gasteiger partial charge in [0.15, 0.2) is 17.5 Å². The van der Waals surface area contributed by atoms with Crippen LogP contribution in [0.15, 0.2) is 48.6 Å². The fourth-order valence-electron chi connectivity index (χ4n) is 5.37. The SMILES string of the molecule is C=C(C)COc1cc(C[N+]2(CCCC)CCCCC2C(=O)Nc2c(C)cccc2C)ccc1OC(C)=O. The normalized spacial score (nSPS) is 19.2. The number of likely N-dealkylation sites (tertiary alicyclic amines) is 1. The topological polar surface area (TPSA) is 64.6 Å². The van der Waals surface area contributed by atoms with E-state index >= 15 is 0 Å². The molecule has 3 rings (SSSR count). The number of ether oxygens (including phenoxy) is 2. The molecule has 1 fully saturated rings. The molecule has 0 radical (unpaired) electrons. The van der Waals surface area contributed by atoms with Crippen LogP contribution < -0.4 is 14.8 Å². The maximum Gasteiger partial charge on any atom is 0.308 e. The number of quaternary nitrogens is 1. The first-order valence-electron chi connectivity index (χ1n) is 13.5. The number of rotatable bonds is 11. The number of benzene rings is 2. The van der Waals surface area contributed by atoms with Gasteiger partial charge < -0.3 is 19.3 Å². The molecular weight excluding hydrogens is 464 g/mol. The molecule has 1 heterocycles. The number of hydrogen-bond donors (Lipinski definition) is 1. The molecule has 0 saturated carbocycles. The first kappa shape index (κ1) is 28.5. The summed E-state index contributed by atoms with van der Waals surface area (Å²) in [6.07, 6.45) is 5.14. The Kier molecular flexibility index (Phi) is 9.93. The Hall–Kier alpha value is -3.12. The van der Waals surface area contributed by atoms with Gasteiger partial charge in [-0.15, -0.1) is 0 Å². The number of amides is 1. The Labute approximate surface area is 222 Å². The van der Waals surface area contributed by atoms with Crippen LogP contribution in [0.5, 0.6) is 11.5 Å². The van der Waals surface area contributed by atoms with Gasteiger partial charge in [0.05, 0.1) is 13.1 Å². The van der Waals surface area contributed by atoms with Crippen molar-refractivity contribution in [1.29, 1.82) is 0 Å². The Morgan fingerprint density at radius 2 is 1.81 bits per heavy atom. The highest BCUT2D eigenvalue weighted by Crippen LogP contribution is 2.35. The number of esters is 1. The van der Waals surface area contributed by atoms with Crippen LogP contribution in [0.25, 0.3) is 0 Å². The summed E-state index contributed by atoms with van der Waals surface area (Å²) in [6, 6.07) is 11.7. The van der Waals surface area contributed by atoms with E-state index in [2.05, 4.69) is 18.8 Å². The van der Waals surface area contributed by atoms with Gasteiger partial charge in [-0.1, -0.05) is 38.1 Å². The van der Waals surface area contributed by atoms with E-state index in [1.165, 1.54) is 6.92 Å².